The molecule has 4 atom stereocenters. The van der Waals surface area contributed by atoms with E-state index in [1.165, 1.54) is 5.01 Å². The molecule has 13 heteroatoms. The molecule has 3 amide bonds. The van der Waals surface area contributed by atoms with Crippen LogP contribution < -0.4 is 16.1 Å². The van der Waals surface area contributed by atoms with Crippen LogP contribution in [0.5, 0.6) is 0 Å². The summed E-state index contributed by atoms with van der Waals surface area (Å²) in [6.45, 7) is 7.52. The van der Waals surface area contributed by atoms with E-state index < -0.39 is 47.7 Å². The van der Waals surface area contributed by atoms with Crippen molar-refractivity contribution in [1.29, 1.82) is 0 Å². The number of carbonyl (C=O) groups is 3. The highest BCUT2D eigenvalue weighted by Gasteiger charge is 2.38. The molecule has 0 radical (unpaired) electrons. The molecule has 6 N–H and O–H groups in total. The Morgan fingerprint density at radius 3 is 2.45 bits per heavy atom. The number of aliphatic hydroxyl groups is 3. The fourth-order valence-corrected chi connectivity index (χ4v) is 5.07. The van der Waals surface area contributed by atoms with Gasteiger partial charge in [0.25, 0.3) is 5.91 Å². The number of benzene rings is 1. The second-order valence-electron chi connectivity index (χ2n) is 11.9. The van der Waals surface area contributed by atoms with E-state index in [-0.39, 0.29) is 31.8 Å². The van der Waals surface area contributed by atoms with Crippen molar-refractivity contribution in [3.63, 3.8) is 0 Å². The van der Waals surface area contributed by atoms with Gasteiger partial charge in [-0.2, -0.15) is 0 Å². The van der Waals surface area contributed by atoms with Crippen LogP contribution in [0.1, 0.15) is 57.8 Å². The lowest BCUT2D eigenvalue weighted by Gasteiger charge is -2.35. The van der Waals surface area contributed by atoms with Crippen molar-refractivity contribution in [2.24, 2.45) is 11.3 Å². The topological polar surface area (TPSA) is 183 Å². The molecule has 13 nitrogen and oxygen atoms in total. The number of carbonyl (C=O) groups excluding carboxylic acids is 3. The van der Waals surface area contributed by atoms with Crippen molar-refractivity contribution in [3.8, 4) is 0 Å². The van der Waals surface area contributed by atoms with E-state index >= 15 is 0 Å². The molecular formula is C31H43N5O8. The molecule has 2 aromatic rings. The van der Waals surface area contributed by atoms with Gasteiger partial charge in [-0.15, -0.1) is 0 Å². The molecule has 0 aliphatic carbocycles. The molecule has 2 aliphatic heterocycles. The van der Waals surface area contributed by atoms with Crippen molar-refractivity contribution in [1.82, 2.24) is 26.1 Å². The van der Waals surface area contributed by atoms with E-state index in [1.807, 2.05) is 37.3 Å². The minimum atomic E-state index is -1.65. The third kappa shape index (κ3) is 7.97. The van der Waals surface area contributed by atoms with E-state index in [0.717, 1.165) is 10.9 Å². The molecule has 3 heterocycles. The predicted molar refractivity (Wildman–Crippen MR) is 161 cm³/mol. The monoisotopic (exact) mass is 613 g/mol. The summed E-state index contributed by atoms with van der Waals surface area (Å²) >= 11 is 0. The Hall–Kier alpha value is -3.46. The lowest BCUT2D eigenvalue weighted by molar-refractivity contribution is -0.222. The summed E-state index contributed by atoms with van der Waals surface area (Å²) in [6, 6.07) is 7.48. The van der Waals surface area contributed by atoms with Crippen LogP contribution in [0.3, 0.4) is 0 Å². The second-order valence-corrected chi connectivity index (χ2v) is 11.9. The number of rotatable bonds is 10. The second kappa shape index (κ2) is 14.5. The van der Waals surface area contributed by atoms with Gasteiger partial charge in [0.15, 0.2) is 6.29 Å². The van der Waals surface area contributed by atoms with Gasteiger partial charge in [0.1, 0.15) is 25.0 Å². The maximum absolute atomic E-state index is 13.2. The summed E-state index contributed by atoms with van der Waals surface area (Å²) in [4.78, 5) is 43.1. The first-order valence-electron chi connectivity index (χ1n) is 14.9. The number of aromatic nitrogens is 1. The van der Waals surface area contributed by atoms with E-state index in [9.17, 15) is 29.7 Å². The number of aliphatic hydroxyl groups excluding tert-OH is 2. The molecule has 4 rings (SSSR count). The maximum Gasteiger partial charge on any atom is 0.258 e. The Bertz CT molecular complexity index is 1360. The van der Waals surface area contributed by atoms with E-state index in [1.54, 1.807) is 32.9 Å². The molecule has 1 aromatic heterocycles. The van der Waals surface area contributed by atoms with E-state index in [0.29, 0.717) is 30.6 Å². The van der Waals surface area contributed by atoms with Gasteiger partial charge in [0.2, 0.25) is 11.8 Å². The fourth-order valence-electron chi connectivity index (χ4n) is 5.07. The number of fused-ring (bicyclic) bond motifs is 1. The number of pyridine rings is 1. The molecule has 2 aliphatic rings. The molecule has 4 unspecified atom stereocenters. The van der Waals surface area contributed by atoms with Gasteiger partial charge in [0, 0.05) is 11.9 Å². The normalized spacial score (nSPS) is 20.9. The lowest BCUT2D eigenvalue weighted by atomic mass is 9.87. The average molecular weight is 614 g/mol. The Labute approximate surface area is 256 Å². The van der Waals surface area contributed by atoms with Crippen LogP contribution in [0.4, 0.5) is 0 Å². The van der Waals surface area contributed by atoms with Gasteiger partial charge in [-0.3, -0.25) is 24.4 Å². The van der Waals surface area contributed by atoms with Crippen molar-refractivity contribution in [3.05, 3.63) is 47.7 Å². The SMILES string of the molecule is CC(NC(=O)C(O)C(C)C)C(=O)N1CCCC(C(=O)NC(C)c2ccc3ccc(C=CC4(C(O)O)COCOC4)cc3n2)N1. The number of amides is 3. The Morgan fingerprint density at radius 1 is 1.07 bits per heavy atom. The summed E-state index contributed by atoms with van der Waals surface area (Å²) in [5, 5.41) is 37.6. The van der Waals surface area contributed by atoms with Gasteiger partial charge in [-0.05, 0) is 50.3 Å². The molecule has 240 valence electrons. The number of ether oxygens (including phenoxy) is 2. The molecule has 2 saturated heterocycles. The molecule has 44 heavy (non-hydrogen) atoms. The zero-order valence-electron chi connectivity index (χ0n) is 25.5. The van der Waals surface area contributed by atoms with Crippen LogP contribution in [0.25, 0.3) is 17.0 Å². The van der Waals surface area contributed by atoms with E-state index in [2.05, 4.69) is 16.1 Å². The Kier molecular flexibility index (Phi) is 11.1. The zero-order valence-corrected chi connectivity index (χ0v) is 25.5. The highest BCUT2D eigenvalue weighted by atomic mass is 16.7. The number of hydrazine groups is 1. The highest BCUT2D eigenvalue weighted by Crippen LogP contribution is 2.29. The minimum absolute atomic E-state index is 0.107. The van der Waals surface area contributed by atoms with Crippen LogP contribution >= 0.6 is 0 Å². The minimum Gasteiger partial charge on any atom is -0.383 e. The quantitative estimate of drug-likeness (QED) is 0.209. The van der Waals surface area contributed by atoms with Gasteiger partial charge >= 0.3 is 0 Å². The van der Waals surface area contributed by atoms with Crippen LogP contribution in [0.15, 0.2) is 36.4 Å². The standard InChI is InChI=1S/C31H43N5O8/c1-18(2)26(37)28(39)33-20(4)29(40)36-13-5-6-24(35-36)27(38)32-19(3)23-10-9-22-8-7-21(14-25(22)34-23)11-12-31(30(41)42)15-43-17-44-16-31/h7-12,14,18-20,24,26,30,35,37,41-42H,5-6,13,15-17H2,1-4H3,(H,32,38)(H,33,39). The van der Waals surface area contributed by atoms with Crippen molar-refractivity contribution >= 4 is 34.7 Å². The summed E-state index contributed by atoms with van der Waals surface area (Å²) in [5.41, 5.74) is 4.05. The largest absolute Gasteiger partial charge is 0.383 e. The van der Waals surface area contributed by atoms with E-state index in [4.69, 9.17) is 14.5 Å². The Morgan fingerprint density at radius 2 is 1.77 bits per heavy atom. The fraction of sp³-hybridized carbons (Fsp3) is 0.548. The molecule has 1 aromatic carbocycles. The highest BCUT2D eigenvalue weighted by molar-refractivity contribution is 5.89. The lowest BCUT2D eigenvalue weighted by Crippen LogP contribution is -2.61. The summed E-state index contributed by atoms with van der Waals surface area (Å²) in [6.07, 6.45) is 1.71. The number of nitrogens with zero attached hydrogens (tertiary/aromatic N) is 2. The summed E-state index contributed by atoms with van der Waals surface area (Å²) in [5.74, 6) is -1.59. The zero-order chi connectivity index (χ0) is 32.0. The Balaban J connectivity index is 1.38. The molecule has 0 spiro atoms. The predicted octanol–water partition coefficient (Wildman–Crippen LogP) is 0.744. The maximum atomic E-state index is 13.2. The number of hydrogen-bond acceptors (Lipinski definition) is 10. The van der Waals surface area contributed by atoms with Crippen LogP contribution in [0, 0.1) is 11.3 Å². The number of nitrogens with one attached hydrogen (secondary N) is 3. The number of hydrogen-bond donors (Lipinski definition) is 6. The van der Waals surface area contributed by atoms with Gasteiger partial charge in [-0.25, -0.2) is 5.43 Å². The van der Waals surface area contributed by atoms with Crippen molar-refractivity contribution in [2.45, 2.75) is 71.1 Å². The molecule has 2 fully saturated rings. The van der Waals surface area contributed by atoms with Crippen LogP contribution in [0.2, 0.25) is 0 Å². The summed E-state index contributed by atoms with van der Waals surface area (Å²) < 4.78 is 10.6. The van der Waals surface area contributed by atoms with Crippen LogP contribution in [-0.4, -0.2) is 94.1 Å². The third-order valence-electron chi connectivity index (χ3n) is 7.97. The molecule has 0 bridgehead atoms. The first-order valence-corrected chi connectivity index (χ1v) is 14.9. The van der Waals surface area contributed by atoms with Gasteiger partial charge in [-0.1, -0.05) is 44.2 Å². The van der Waals surface area contributed by atoms with Crippen molar-refractivity contribution in [2.75, 3.05) is 26.6 Å². The first kappa shape index (κ1) is 33.4. The van der Waals surface area contributed by atoms with Gasteiger partial charge < -0.3 is 35.4 Å². The third-order valence-corrected chi connectivity index (χ3v) is 7.97. The van der Waals surface area contributed by atoms with Crippen molar-refractivity contribution < 1.29 is 39.2 Å². The smallest absolute Gasteiger partial charge is 0.258 e. The molecular weight excluding hydrogens is 570 g/mol. The summed E-state index contributed by atoms with van der Waals surface area (Å²) in [7, 11) is 0. The van der Waals surface area contributed by atoms with Crippen LogP contribution in [-0.2, 0) is 23.9 Å². The first-order chi connectivity index (χ1) is 20.9. The average Bonchev–Trinajstić information content (AvgIpc) is 3.02. The van der Waals surface area contributed by atoms with Gasteiger partial charge in [0.05, 0.1) is 35.9 Å². The molecule has 0 saturated carbocycles.